The first-order valence-corrected chi connectivity index (χ1v) is 5.77. The minimum absolute atomic E-state index is 0.00263. The maximum atomic E-state index is 13.5. The first-order valence-electron chi connectivity index (χ1n) is 4.98. The van der Waals surface area contributed by atoms with Gasteiger partial charge in [-0.05, 0) is 35.0 Å². The molecular formula is C12H8BrF2NO2. The number of rotatable bonds is 2. The summed E-state index contributed by atoms with van der Waals surface area (Å²) in [5.74, 6) is -1.39. The van der Waals surface area contributed by atoms with E-state index in [0.29, 0.717) is 5.76 Å². The summed E-state index contributed by atoms with van der Waals surface area (Å²) in [6.45, 7) is 1.68. The zero-order chi connectivity index (χ0) is 13.3. The van der Waals surface area contributed by atoms with Crippen LogP contribution in [0.5, 0.6) is 0 Å². The van der Waals surface area contributed by atoms with Crippen LogP contribution in [0.2, 0.25) is 0 Å². The summed E-state index contributed by atoms with van der Waals surface area (Å²) < 4.78 is 31.7. The van der Waals surface area contributed by atoms with Gasteiger partial charge >= 0.3 is 0 Å². The Hall–Kier alpha value is -1.69. The largest absolute Gasteiger partial charge is 0.469 e. The molecule has 1 N–H and O–H groups in total. The normalized spacial score (nSPS) is 10.4. The van der Waals surface area contributed by atoms with Gasteiger partial charge in [0.1, 0.15) is 23.7 Å². The molecule has 2 rings (SSSR count). The number of carbonyl (C=O) groups is 1. The number of carbonyl (C=O) groups excluding carboxylic acids is 1. The van der Waals surface area contributed by atoms with Crippen molar-refractivity contribution in [1.82, 2.24) is 0 Å². The molecule has 0 saturated carbocycles. The van der Waals surface area contributed by atoms with Gasteiger partial charge in [0.15, 0.2) is 0 Å². The number of hydrogen-bond donors (Lipinski definition) is 1. The van der Waals surface area contributed by atoms with Crippen molar-refractivity contribution in [2.24, 2.45) is 0 Å². The first-order chi connectivity index (χ1) is 8.47. The van der Waals surface area contributed by atoms with E-state index in [2.05, 4.69) is 21.2 Å². The fourth-order valence-corrected chi connectivity index (χ4v) is 1.69. The van der Waals surface area contributed by atoms with Crippen LogP contribution in [0.4, 0.5) is 14.5 Å². The summed E-state index contributed by atoms with van der Waals surface area (Å²) >= 11 is 2.85. The monoisotopic (exact) mass is 315 g/mol. The van der Waals surface area contributed by atoms with E-state index in [9.17, 15) is 13.6 Å². The Kier molecular flexibility index (Phi) is 3.47. The number of halogens is 3. The summed E-state index contributed by atoms with van der Waals surface area (Å²) in [5, 5.41) is 2.27. The molecule has 1 amide bonds. The molecule has 6 heteroatoms. The highest BCUT2D eigenvalue weighted by atomic mass is 79.9. The summed E-state index contributed by atoms with van der Waals surface area (Å²) in [5.41, 5.74) is 0.0229. The predicted molar refractivity (Wildman–Crippen MR) is 65.5 cm³/mol. The van der Waals surface area contributed by atoms with Crippen molar-refractivity contribution < 1.29 is 18.0 Å². The van der Waals surface area contributed by atoms with Gasteiger partial charge in [0.05, 0.1) is 15.7 Å². The van der Waals surface area contributed by atoms with Gasteiger partial charge in [-0.2, -0.15) is 0 Å². The number of nitrogens with one attached hydrogen (secondary N) is 1. The van der Waals surface area contributed by atoms with E-state index in [1.807, 2.05) is 0 Å². The fourth-order valence-electron chi connectivity index (χ4n) is 1.38. The summed E-state index contributed by atoms with van der Waals surface area (Å²) in [7, 11) is 0. The van der Waals surface area contributed by atoms with Crippen molar-refractivity contribution in [3.05, 3.63) is 51.9 Å². The van der Waals surface area contributed by atoms with Crippen LogP contribution >= 0.6 is 15.9 Å². The van der Waals surface area contributed by atoms with Gasteiger partial charge in [0.25, 0.3) is 5.91 Å². The molecule has 0 saturated heterocycles. The van der Waals surface area contributed by atoms with Crippen LogP contribution in [0.25, 0.3) is 0 Å². The molecule has 0 bridgehead atoms. The minimum atomic E-state index is -0.725. The molecule has 0 aliphatic heterocycles. The van der Waals surface area contributed by atoms with Gasteiger partial charge in [-0.3, -0.25) is 4.79 Å². The number of anilines is 1. The van der Waals surface area contributed by atoms with E-state index >= 15 is 0 Å². The van der Waals surface area contributed by atoms with Crippen molar-refractivity contribution in [3.63, 3.8) is 0 Å². The number of amides is 1. The van der Waals surface area contributed by atoms with E-state index < -0.39 is 17.5 Å². The van der Waals surface area contributed by atoms with Crippen LogP contribution in [0.15, 0.2) is 33.4 Å². The van der Waals surface area contributed by atoms with Gasteiger partial charge in [0, 0.05) is 6.07 Å². The van der Waals surface area contributed by atoms with Crippen LogP contribution in [-0.4, -0.2) is 5.91 Å². The topological polar surface area (TPSA) is 42.2 Å². The highest BCUT2D eigenvalue weighted by molar-refractivity contribution is 9.10. The third-order valence-electron chi connectivity index (χ3n) is 2.25. The average molecular weight is 316 g/mol. The molecule has 0 aliphatic carbocycles. The maximum absolute atomic E-state index is 13.5. The lowest BCUT2D eigenvalue weighted by Crippen LogP contribution is -2.12. The summed E-state index contributed by atoms with van der Waals surface area (Å²) in [4.78, 5) is 11.7. The highest BCUT2D eigenvalue weighted by Crippen LogP contribution is 2.23. The second-order valence-corrected chi connectivity index (χ2v) is 4.50. The van der Waals surface area contributed by atoms with Gasteiger partial charge in [0.2, 0.25) is 0 Å². The lowest BCUT2D eigenvalue weighted by molar-refractivity contribution is 0.102. The molecule has 3 nitrogen and oxygen atoms in total. The molecule has 18 heavy (non-hydrogen) atoms. The lowest BCUT2D eigenvalue weighted by Gasteiger charge is -2.06. The Morgan fingerprint density at radius 3 is 2.61 bits per heavy atom. The predicted octanol–water partition coefficient (Wildman–Crippen LogP) is 3.88. The second kappa shape index (κ2) is 4.89. The van der Waals surface area contributed by atoms with Crippen LogP contribution < -0.4 is 5.32 Å². The van der Waals surface area contributed by atoms with Gasteiger partial charge in [-0.1, -0.05) is 0 Å². The standard InChI is InChI=1S/C12H8BrF2NO2/c1-6-2-7(5-18-6)12(17)16-11-4-9(14)8(13)3-10(11)15/h2-5H,1H3,(H,16,17). The third kappa shape index (κ3) is 2.59. The maximum Gasteiger partial charge on any atom is 0.259 e. The van der Waals surface area contributed by atoms with Gasteiger partial charge < -0.3 is 9.73 Å². The smallest absolute Gasteiger partial charge is 0.259 e. The van der Waals surface area contributed by atoms with Crippen molar-refractivity contribution in [2.75, 3.05) is 5.32 Å². The lowest BCUT2D eigenvalue weighted by atomic mass is 10.2. The van der Waals surface area contributed by atoms with Gasteiger partial charge in [-0.25, -0.2) is 8.78 Å². The molecule has 0 spiro atoms. The highest BCUT2D eigenvalue weighted by Gasteiger charge is 2.13. The van der Waals surface area contributed by atoms with E-state index in [-0.39, 0.29) is 15.7 Å². The Labute approximate surface area is 110 Å². The van der Waals surface area contributed by atoms with Gasteiger partial charge in [-0.15, -0.1) is 0 Å². The number of furan rings is 1. The number of aryl methyl sites for hydroxylation is 1. The molecule has 1 heterocycles. The zero-order valence-electron chi connectivity index (χ0n) is 9.26. The molecule has 1 aromatic carbocycles. The van der Waals surface area contributed by atoms with Crippen LogP contribution in [-0.2, 0) is 0 Å². The number of hydrogen-bond acceptors (Lipinski definition) is 2. The van der Waals surface area contributed by atoms with E-state index in [1.165, 1.54) is 12.3 Å². The van der Waals surface area contributed by atoms with E-state index in [0.717, 1.165) is 12.1 Å². The molecule has 1 aromatic heterocycles. The second-order valence-electron chi connectivity index (χ2n) is 3.65. The quantitative estimate of drug-likeness (QED) is 0.854. The van der Waals surface area contributed by atoms with Crippen molar-refractivity contribution in [1.29, 1.82) is 0 Å². The molecular weight excluding hydrogens is 308 g/mol. The first kappa shape index (κ1) is 12.8. The third-order valence-corrected chi connectivity index (χ3v) is 2.86. The Morgan fingerprint density at radius 1 is 1.28 bits per heavy atom. The average Bonchev–Trinajstić information content (AvgIpc) is 2.73. The zero-order valence-corrected chi connectivity index (χ0v) is 10.8. The van der Waals surface area contributed by atoms with E-state index in [1.54, 1.807) is 6.92 Å². The molecule has 0 aliphatic rings. The fraction of sp³-hybridized carbons (Fsp3) is 0.0833. The van der Waals surface area contributed by atoms with Crippen molar-refractivity contribution >= 4 is 27.5 Å². The van der Waals surface area contributed by atoms with Crippen molar-refractivity contribution in [3.8, 4) is 0 Å². The molecule has 0 radical (unpaired) electrons. The Balaban J connectivity index is 2.24. The Morgan fingerprint density at radius 2 is 2.00 bits per heavy atom. The van der Waals surface area contributed by atoms with E-state index in [4.69, 9.17) is 4.42 Å². The SMILES string of the molecule is Cc1cc(C(=O)Nc2cc(F)c(Br)cc2F)co1. The summed E-state index contributed by atoms with van der Waals surface area (Å²) in [6, 6.07) is 3.36. The molecule has 0 fully saturated rings. The Bertz CT molecular complexity index is 610. The van der Waals surface area contributed by atoms with Crippen LogP contribution in [0.1, 0.15) is 16.1 Å². The number of benzene rings is 1. The molecule has 94 valence electrons. The molecule has 0 atom stereocenters. The minimum Gasteiger partial charge on any atom is -0.469 e. The molecule has 2 aromatic rings. The molecule has 0 unspecified atom stereocenters. The van der Waals surface area contributed by atoms with Crippen molar-refractivity contribution in [2.45, 2.75) is 6.92 Å². The van der Waals surface area contributed by atoms with Crippen LogP contribution in [0, 0.1) is 18.6 Å². The van der Waals surface area contributed by atoms with Crippen LogP contribution in [0.3, 0.4) is 0 Å². The summed E-state index contributed by atoms with van der Waals surface area (Å²) in [6.07, 6.45) is 1.25.